The molecular formula is C14H19N5O2. The normalized spacial score (nSPS) is 10.6. The molecule has 0 atom stereocenters. The number of H-pyrrole nitrogens is 1. The molecule has 2 heterocycles. The van der Waals surface area contributed by atoms with Crippen molar-refractivity contribution in [2.45, 2.75) is 26.2 Å². The Labute approximate surface area is 122 Å². The van der Waals surface area contributed by atoms with E-state index in [0.717, 1.165) is 5.56 Å². The Kier molecular flexibility index (Phi) is 4.86. The number of hydrogen-bond acceptors (Lipinski definition) is 4. The average Bonchev–Trinajstić information content (AvgIpc) is 2.81. The highest BCUT2D eigenvalue weighted by molar-refractivity contribution is 5.76. The summed E-state index contributed by atoms with van der Waals surface area (Å²) in [6, 6.07) is 1.44. The fourth-order valence-electron chi connectivity index (χ4n) is 2.03. The molecule has 2 aromatic heterocycles. The number of aromatic amines is 1. The van der Waals surface area contributed by atoms with Gasteiger partial charge in [-0.25, -0.2) is 4.98 Å². The highest BCUT2D eigenvalue weighted by Gasteiger charge is 2.04. The molecule has 7 nitrogen and oxygen atoms in total. The van der Waals surface area contributed by atoms with Crippen LogP contribution in [0.3, 0.4) is 0 Å². The first-order chi connectivity index (χ1) is 10.0. The highest BCUT2D eigenvalue weighted by atomic mass is 16.1. The van der Waals surface area contributed by atoms with Crippen molar-refractivity contribution in [2.75, 3.05) is 6.54 Å². The Bertz CT molecular complexity index is 674. The van der Waals surface area contributed by atoms with E-state index < -0.39 is 0 Å². The standard InChI is InChI=1S/C14H19N5O2/c1-10-7-14(21)18-12(17-10)5-6-15-13(20)4-3-11-8-16-19(2)9-11/h7-9H,3-6H2,1-2H3,(H,15,20)(H,17,18,21). The zero-order valence-electron chi connectivity index (χ0n) is 12.2. The molecule has 0 spiro atoms. The lowest BCUT2D eigenvalue weighted by molar-refractivity contribution is -0.121. The van der Waals surface area contributed by atoms with Gasteiger partial charge in [-0.3, -0.25) is 14.3 Å². The van der Waals surface area contributed by atoms with Crippen LogP contribution in [0.25, 0.3) is 0 Å². The van der Waals surface area contributed by atoms with Crippen LogP contribution in [0.15, 0.2) is 23.3 Å². The summed E-state index contributed by atoms with van der Waals surface area (Å²) in [6.45, 7) is 2.23. The van der Waals surface area contributed by atoms with E-state index in [0.29, 0.717) is 37.3 Å². The van der Waals surface area contributed by atoms with Crippen LogP contribution in [-0.2, 0) is 24.7 Å². The summed E-state index contributed by atoms with van der Waals surface area (Å²) in [4.78, 5) is 29.9. The van der Waals surface area contributed by atoms with Gasteiger partial charge in [0, 0.05) is 44.4 Å². The minimum Gasteiger partial charge on any atom is -0.356 e. The molecule has 1 amide bonds. The lowest BCUT2D eigenvalue weighted by atomic mass is 10.2. The van der Waals surface area contributed by atoms with Crippen LogP contribution in [-0.4, -0.2) is 32.2 Å². The molecule has 0 bridgehead atoms. The molecule has 0 radical (unpaired) electrons. The van der Waals surface area contributed by atoms with E-state index in [1.54, 1.807) is 17.8 Å². The quantitative estimate of drug-likeness (QED) is 0.789. The topological polar surface area (TPSA) is 92.7 Å². The Morgan fingerprint density at radius 3 is 2.90 bits per heavy atom. The molecule has 21 heavy (non-hydrogen) atoms. The second-order valence-electron chi connectivity index (χ2n) is 4.96. The van der Waals surface area contributed by atoms with Crippen LogP contribution < -0.4 is 10.9 Å². The van der Waals surface area contributed by atoms with Crippen molar-refractivity contribution >= 4 is 5.91 Å². The molecular weight excluding hydrogens is 270 g/mol. The monoisotopic (exact) mass is 289 g/mol. The van der Waals surface area contributed by atoms with Gasteiger partial charge in [0.2, 0.25) is 5.91 Å². The van der Waals surface area contributed by atoms with Crippen LogP contribution in [0.4, 0.5) is 0 Å². The summed E-state index contributed by atoms with van der Waals surface area (Å²) >= 11 is 0. The molecule has 112 valence electrons. The number of carbonyl (C=O) groups is 1. The van der Waals surface area contributed by atoms with Crippen LogP contribution in [0.2, 0.25) is 0 Å². The molecule has 0 saturated carbocycles. The van der Waals surface area contributed by atoms with E-state index in [-0.39, 0.29) is 11.5 Å². The lowest BCUT2D eigenvalue weighted by Crippen LogP contribution is -2.27. The number of rotatable bonds is 6. The van der Waals surface area contributed by atoms with Crippen LogP contribution >= 0.6 is 0 Å². The first-order valence-corrected chi connectivity index (χ1v) is 6.84. The Morgan fingerprint density at radius 2 is 2.24 bits per heavy atom. The van der Waals surface area contributed by atoms with Crippen LogP contribution in [0.1, 0.15) is 23.5 Å². The van der Waals surface area contributed by atoms with E-state index in [4.69, 9.17) is 0 Å². The van der Waals surface area contributed by atoms with Gasteiger partial charge in [-0.05, 0) is 18.9 Å². The molecule has 2 rings (SSSR count). The number of aryl methyl sites for hydroxylation is 3. The third-order valence-corrected chi connectivity index (χ3v) is 3.00. The van der Waals surface area contributed by atoms with Gasteiger partial charge in [0.15, 0.2) is 0 Å². The zero-order chi connectivity index (χ0) is 15.2. The number of nitrogens with one attached hydrogen (secondary N) is 2. The van der Waals surface area contributed by atoms with Crippen molar-refractivity contribution in [1.82, 2.24) is 25.1 Å². The summed E-state index contributed by atoms with van der Waals surface area (Å²) < 4.78 is 1.72. The predicted molar refractivity (Wildman–Crippen MR) is 77.8 cm³/mol. The first-order valence-electron chi connectivity index (χ1n) is 6.84. The zero-order valence-corrected chi connectivity index (χ0v) is 12.2. The minimum absolute atomic E-state index is 0.0196. The fraction of sp³-hybridized carbons (Fsp3) is 0.429. The van der Waals surface area contributed by atoms with Gasteiger partial charge in [-0.1, -0.05) is 0 Å². The number of aromatic nitrogens is 4. The fourth-order valence-corrected chi connectivity index (χ4v) is 2.03. The maximum Gasteiger partial charge on any atom is 0.251 e. The van der Waals surface area contributed by atoms with Crippen molar-refractivity contribution in [3.8, 4) is 0 Å². The van der Waals surface area contributed by atoms with Crippen molar-refractivity contribution < 1.29 is 4.79 Å². The number of carbonyl (C=O) groups excluding carboxylic acids is 1. The molecule has 0 aromatic carbocycles. The molecule has 0 fully saturated rings. The van der Waals surface area contributed by atoms with Crippen molar-refractivity contribution in [1.29, 1.82) is 0 Å². The smallest absolute Gasteiger partial charge is 0.251 e. The molecule has 0 aliphatic carbocycles. The number of amides is 1. The number of hydrogen-bond donors (Lipinski definition) is 2. The highest BCUT2D eigenvalue weighted by Crippen LogP contribution is 2.00. The molecule has 0 unspecified atom stereocenters. The largest absolute Gasteiger partial charge is 0.356 e. The molecule has 2 aromatic rings. The Hall–Kier alpha value is -2.44. The van der Waals surface area contributed by atoms with E-state index in [2.05, 4.69) is 20.4 Å². The average molecular weight is 289 g/mol. The third-order valence-electron chi connectivity index (χ3n) is 3.00. The Morgan fingerprint density at radius 1 is 1.43 bits per heavy atom. The van der Waals surface area contributed by atoms with Gasteiger partial charge < -0.3 is 10.3 Å². The number of nitrogens with zero attached hydrogens (tertiary/aromatic N) is 3. The molecule has 0 aliphatic heterocycles. The molecule has 7 heteroatoms. The second-order valence-corrected chi connectivity index (χ2v) is 4.96. The molecule has 0 aliphatic rings. The summed E-state index contributed by atoms with van der Waals surface area (Å²) in [5.41, 5.74) is 1.55. The van der Waals surface area contributed by atoms with Gasteiger partial charge in [-0.15, -0.1) is 0 Å². The van der Waals surface area contributed by atoms with Gasteiger partial charge >= 0.3 is 0 Å². The predicted octanol–water partition coefficient (Wildman–Crippen LogP) is 0.103. The van der Waals surface area contributed by atoms with Crippen LogP contribution in [0, 0.1) is 6.92 Å². The van der Waals surface area contributed by atoms with Crippen molar-refractivity contribution in [2.24, 2.45) is 7.05 Å². The van der Waals surface area contributed by atoms with E-state index in [1.807, 2.05) is 13.2 Å². The molecule has 2 N–H and O–H groups in total. The van der Waals surface area contributed by atoms with Gasteiger partial charge in [-0.2, -0.15) is 5.10 Å². The van der Waals surface area contributed by atoms with Crippen LogP contribution in [0.5, 0.6) is 0 Å². The first kappa shape index (κ1) is 15.0. The summed E-state index contributed by atoms with van der Waals surface area (Å²) in [5, 5.41) is 6.87. The Balaban J connectivity index is 1.72. The maximum absolute atomic E-state index is 11.7. The SMILES string of the molecule is Cc1cc(=O)[nH]c(CCNC(=O)CCc2cnn(C)c2)n1. The summed E-state index contributed by atoms with van der Waals surface area (Å²) in [5.74, 6) is 0.571. The maximum atomic E-state index is 11.7. The third kappa shape index (κ3) is 4.87. The van der Waals surface area contributed by atoms with Gasteiger partial charge in [0.1, 0.15) is 5.82 Å². The van der Waals surface area contributed by atoms with E-state index in [9.17, 15) is 9.59 Å². The summed E-state index contributed by atoms with van der Waals surface area (Å²) in [7, 11) is 1.85. The minimum atomic E-state index is -0.166. The van der Waals surface area contributed by atoms with Crippen molar-refractivity contribution in [3.05, 3.63) is 45.9 Å². The van der Waals surface area contributed by atoms with Gasteiger partial charge in [0.05, 0.1) is 6.20 Å². The van der Waals surface area contributed by atoms with E-state index >= 15 is 0 Å². The lowest BCUT2D eigenvalue weighted by Gasteiger charge is -2.05. The van der Waals surface area contributed by atoms with Crippen molar-refractivity contribution in [3.63, 3.8) is 0 Å². The summed E-state index contributed by atoms with van der Waals surface area (Å²) in [6.07, 6.45) is 5.25. The van der Waals surface area contributed by atoms with E-state index in [1.165, 1.54) is 6.07 Å². The van der Waals surface area contributed by atoms with Gasteiger partial charge in [0.25, 0.3) is 5.56 Å². The molecule has 0 saturated heterocycles. The second kappa shape index (κ2) is 6.83.